The molecular formula is C21H25N3O4S. The number of pyridine rings is 1. The van der Waals surface area contributed by atoms with Gasteiger partial charge in [-0.15, -0.1) is 0 Å². The van der Waals surface area contributed by atoms with Crippen molar-refractivity contribution in [3.05, 3.63) is 58.5 Å². The van der Waals surface area contributed by atoms with Gasteiger partial charge in [0.05, 0.1) is 4.90 Å². The lowest BCUT2D eigenvalue weighted by molar-refractivity contribution is -0.121. The van der Waals surface area contributed by atoms with Crippen LogP contribution in [-0.2, 0) is 21.2 Å². The zero-order valence-corrected chi connectivity index (χ0v) is 17.4. The minimum absolute atomic E-state index is 0.0189. The van der Waals surface area contributed by atoms with Gasteiger partial charge >= 0.3 is 0 Å². The summed E-state index contributed by atoms with van der Waals surface area (Å²) in [4.78, 5) is 27.6. The molecule has 0 unspecified atom stereocenters. The largest absolute Gasteiger partial charge is 0.307 e. The van der Waals surface area contributed by atoms with Crippen LogP contribution >= 0.6 is 0 Å². The molecule has 3 heterocycles. The standard InChI is InChI=1S/C21H25N3O4S/c1-15-13-17-7-3-4-8-19(17)24(15)21(26)16(2)23-14-18(9-10-20(23)25)29(27,28)22-11-5-6-12-22/h3-4,7-10,14-16H,5-6,11-13H2,1-2H3/t15-,16-/m1/s1. The van der Waals surface area contributed by atoms with Gasteiger partial charge in [0.25, 0.3) is 5.56 Å². The molecule has 29 heavy (non-hydrogen) atoms. The number of benzene rings is 1. The summed E-state index contributed by atoms with van der Waals surface area (Å²) in [5, 5.41) is 0. The maximum Gasteiger partial charge on any atom is 0.251 e. The van der Waals surface area contributed by atoms with Crippen molar-refractivity contribution in [2.45, 2.75) is 50.1 Å². The second-order valence-electron chi connectivity index (χ2n) is 7.79. The summed E-state index contributed by atoms with van der Waals surface area (Å²) in [6.45, 7) is 4.58. The summed E-state index contributed by atoms with van der Waals surface area (Å²) >= 11 is 0. The van der Waals surface area contributed by atoms with Crippen LogP contribution in [0.5, 0.6) is 0 Å². The van der Waals surface area contributed by atoms with Crippen molar-refractivity contribution in [1.29, 1.82) is 0 Å². The number of sulfonamides is 1. The number of hydrogen-bond acceptors (Lipinski definition) is 4. The van der Waals surface area contributed by atoms with Crippen LogP contribution in [0.4, 0.5) is 5.69 Å². The first-order valence-electron chi connectivity index (χ1n) is 9.94. The van der Waals surface area contributed by atoms with E-state index in [1.54, 1.807) is 11.8 Å². The third-order valence-electron chi connectivity index (χ3n) is 5.83. The predicted octanol–water partition coefficient (Wildman–Crippen LogP) is 2.17. The maximum absolute atomic E-state index is 13.3. The fraction of sp³-hybridized carbons (Fsp3) is 0.429. The zero-order valence-electron chi connectivity index (χ0n) is 16.6. The molecular weight excluding hydrogens is 390 g/mol. The molecule has 2 aromatic rings. The minimum Gasteiger partial charge on any atom is -0.307 e. The van der Waals surface area contributed by atoms with Crippen molar-refractivity contribution in [1.82, 2.24) is 8.87 Å². The first kappa shape index (κ1) is 19.8. The molecule has 0 radical (unpaired) electrons. The Hall–Kier alpha value is -2.45. The monoisotopic (exact) mass is 415 g/mol. The normalized spacial score (nSPS) is 20.6. The third kappa shape index (κ3) is 3.40. The van der Waals surface area contributed by atoms with E-state index < -0.39 is 21.6 Å². The molecule has 2 aliphatic heterocycles. The average Bonchev–Trinajstić information content (AvgIpc) is 3.35. The molecule has 0 bridgehead atoms. The number of fused-ring (bicyclic) bond motifs is 1. The van der Waals surface area contributed by atoms with E-state index in [1.165, 1.54) is 27.2 Å². The van der Waals surface area contributed by atoms with Crippen LogP contribution in [-0.4, -0.2) is 42.3 Å². The summed E-state index contributed by atoms with van der Waals surface area (Å²) in [5.41, 5.74) is 1.55. The molecule has 2 atom stereocenters. The second-order valence-corrected chi connectivity index (χ2v) is 9.73. The second kappa shape index (κ2) is 7.42. The van der Waals surface area contributed by atoms with Crippen molar-refractivity contribution in [3.8, 4) is 0 Å². The highest BCUT2D eigenvalue weighted by Crippen LogP contribution is 2.33. The van der Waals surface area contributed by atoms with Crippen molar-refractivity contribution >= 4 is 21.6 Å². The molecule has 1 aromatic carbocycles. The van der Waals surface area contributed by atoms with E-state index >= 15 is 0 Å². The molecule has 1 amide bonds. The average molecular weight is 416 g/mol. The number of amides is 1. The fourth-order valence-electron chi connectivity index (χ4n) is 4.24. The van der Waals surface area contributed by atoms with E-state index in [2.05, 4.69) is 0 Å². The van der Waals surface area contributed by atoms with Gasteiger partial charge in [-0.3, -0.25) is 9.59 Å². The highest BCUT2D eigenvalue weighted by molar-refractivity contribution is 7.89. The Morgan fingerprint density at radius 3 is 2.52 bits per heavy atom. The molecule has 0 saturated carbocycles. The topological polar surface area (TPSA) is 79.7 Å². The van der Waals surface area contributed by atoms with E-state index in [4.69, 9.17) is 0 Å². The SMILES string of the molecule is C[C@@H]1Cc2ccccc2N1C(=O)[C@@H](C)n1cc(S(=O)(=O)N2CCCC2)ccc1=O. The van der Waals surface area contributed by atoms with Crippen LogP contribution in [0.3, 0.4) is 0 Å². The highest BCUT2D eigenvalue weighted by Gasteiger charge is 2.34. The quantitative estimate of drug-likeness (QED) is 0.767. The molecule has 154 valence electrons. The summed E-state index contributed by atoms with van der Waals surface area (Å²) in [6.07, 6.45) is 3.73. The van der Waals surface area contributed by atoms with Gasteiger partial charge in [0.1, 0.15) is 6.04 Å². The molecule has 7 nitrogen and oxygen atoms in total. The number of hydrogen-bond donors (Lipinski definition) is 0. The van der Waals surface area contributed by atoms with Crippen molar-refractivity contribution in [3.63, 3.8) is 0 Å². The summed E-state index contributed by atoms with van der Waals surface area (Å²) < 4.78 is 28.4. The zero-order chi connectivity index (χ0) is 20.8. The van der Waals surface area contributed by atoms with Gasteiger partial charge in [0, 0.05) is 37.1 Å². The molecule has 8 heteroatoms. The molecule has 1 saturated heterocycles. The lowest BCUT2D eigenvalue weighted by atomic mass is 10.1. The van der Waals surface area contributed by atoms with Crippen LogP contribution in [0.1, 0.15) is 38.3 Å². The number of carbonyl (C=O) groups is 1. The number of anilines is 1. The Morgan fingerprint density at radius 1 is 1.10 bits per heavy atom. The number of para-hydroxylation sites is 1. The van der Waals surface area contributed by atoms with E-state index in [9.17, 15) is 18.0 Å². The van der Waals surface area contributed by atoms with E-state index in [0.717, 1.165) is 30.5 Å². The Kier molecular flexibility index (Phi) is 5.08. The first-order chi connectivity index (χ1) is 13.8. The molecule has 0 N–H and O–H groups in total. The van der Waals surface area contributed by atoms with Gasteiger partial charge in [0.15, 0.2) is 0 Å². The summed E-state index contributed by atoms with van der Waals surface area (Å²) in [7, 11) is -3.67. The molecule has 0 spiro atoms. The Morgan fingerprint density at radius 2 is 1.79 bits per heavy atom. The number of aromatic nitrogens is 1. The van der Waals surface area contributed by atoms with Gasteiger partial charge in [-0.1, -0.05) is 18.2 Å². The molecule has 4 rings (SSSR count). The van der Waals surface area contributed by atoms with Crippen molar-refractivity contribution in [2.24, 2.45) is 0 Å². The van der Waals surface area contributed by atoms with E-state index in [0.29, 0.717) is 13.1 Å². The lowest BCUT2D eigenvalue weighted by Crippen LogP contribution is -2.42. The van der Waals surface area contributed by atoms with Crippen molar-refractivity contribution in [2.75, 3.05) is 18.0 Å². The van der Waals surface area contributed by atoms with Crippen LogP contribution in [0.2, 0.25) is 0 Å². The van der Waals surface area contributed by atoms with Gasteiger partial charge in [-0.25, -0.2) is 8.42 Å². The minimum atomic E-state index is -3.67. The van der Waals surface area contributed by atoms with Crippen molar-refractivity contribution < 1.29 is 13.2 Å². The van der Waals surface area contributed by atoms with Gasteiger partial charge < -0.3 is 9.47 Å². The molecule has 1 aromatic heterocycles. The smallest absolute Gasteiger partial charge is 0.251 e. The van der Waals surface area contributed by atoms with Gasteiger partial charge in [0.2, 0.25) is 15.9 Å². The highest BCUT2D eigenvalue weighted by atomic mass is 32.2. The summed E-state index contributed by atoms with van der Waals surface area (Å²) in [5.74, 6) is -0.222. The maximum atomic E-state index is 13.3. The lowest BCUT2D eigenvalue weighted by Gasteiger charge is -2.27. The summed E-state index contributed by atoms with van der Waals surface area (Å²) in [6, 6.07) is 9.46. The Balaban J connectivity index is 1.68. The molecule has 2 aliphatic rings. The van der Waals surface area contributed by atoms with Gasteiger partial charge in [-0.2, -0.15) is 4.31 Å². The van der Waals surface area contributed by atoms with Gasteiger partial charge in [-0.05, 0) is 50.8 Å². The number of nitrogens with zero attached hydrogens (tertiary/aromatic N) is 3. The predicted molar refractivity (Wildman–Crippen MR) is 110 cm³/mol. The third-order valence-corrected chi connectivity index (χ3v) is 7.72. The Bertz CT molecular complexity index is 1100. The molecule has 1 fully saturated rings. The molecule has 0 aliphatic carbocycles. The van der Waals surface area contributed by atoms with E-state index in [1.807, 2.05) is 31.2 Å². The van der Waals surface area contributed by atoms with E-state index in [-0.39, 0.29) is 16.8 Å². The van der Waals surface area contributed by atoms with Crippen LogP contribution in [0.25, 0.3) is 0 Å². The van der Waals surface area contributed by atoms with Crippen LogP contribution in [0, 0.1) is 0 Å². The van der Waals surface area contributed by atoms with Crippen LogP contribution in [0.15, 0.2) is 52.3 Å². The Labute approximate surface area is 170 Å². The van der Waals surface area contributed by atoms with Crippen LogP contribution < -0.4 is 10.5 Å². The number of rotatable bonds is 4. The fourth-order valence-corrected chi connectivity index (χ4v) is 5.76. The first-order valence-corrected chi connectivity index (χ1v) is 11.4. The number of carbonyl (C=O) groups excluding carboxylic acids is 1.